The molecule has 2 heterocycles. The Balaban J connectivity index is 1.68. The van der Waals surface area contributed by atoms with Gasteiger partial charge in [-0.2, -0.15) is 5.10 Å². The van der Waals surface area contributed by atoms with Crippen LogP contribution in [0.5, 0.6) is 5.75 Å². The van der Waals surface area contributed by atoms with Gasteiger partial charge in [0.1, 0.15) is 16.5 Å². The quantitative estimate of drug-likeness (QED) is 0.451. The third kappa shape index (κ3) is 4.80. The normalized spacial score (nSPS) is 11.0. The number of hydrogen-bond donors (Lipinski definition) is 1. The molecule has 7 nitrogen and oxygen atoms in total. The summed E-state index contributed by atoms with van der Waals surface area (Å²) in [4.78, 5) is 13.2. The number of ether oxygens (including phenoxy) is 1. The number of carbonyl (C=O) groups is 1. The summed E-state index contributed by atoms with van der Waals surface area (Å²) in [5.41, 5.74) is 2.95. The molecule has 4 aromatic rings. The van der Waals surface area contributed by atoms with Gasteiger partial charge in [0, 0.05) is 17.7 Å². The second-order valence-electron chi connectivity index (χ2n) is 7.36. The lowest BCUT2D eigenvalue weighted by Gasteiger charge is -2.05. The third-order valence-electron chi connectivity index (χ3n) is 4.69. The highest BCUT2D eigenvalue weighted by atomic mass is 32.1. The molecule has 0 fully saturated rings. The van der Waals surface area contributed by atoms with Gasteiger partial charge in [0.2, 0.25) is 5.13 Å². The van der Waals surface area contributed by atoms with E-state index in [0.717, 1.165) is 16.1 Å². The molecule has 0 unspecified atom stereocenters. The van der Waals surface area contributed by atoms with Crippen LogP contribution in [0, 0.1) is 0 Å². The van der Waals surface area contributed by atoms with Crippen LogP contribution in [0.4, 0.5) is 5.13 Å². The van der Waals surface area contributed by atoms with Crippen molar-refractivity contribution in [2.24, 2.45) is 0 Å². The first-order valence-corrected chi connectivity index (χ1v) is 10.8. The van der Waals surface area contributed by atoms with Crippen LogP contribution in [0.3, 0.4) is 0 Å². The van der Waals surface area contributed by atoms with Crippen LogP contribution in [0.15, 0.2) is 60.8 Å². The number of benzene rings is 2. The monoisotopic (exact) mass is 433 g/mol. The molecule has 0 aliphatic rings. The van der Waals surface area contributed by atoms with Crippen LogP contribution in [-0.2, 0) is 6.54 Å². The molecule has 0 atom stereocenters. The fourth-order valence-electron chi connectivity index (χ4n) is 3.11. The molecule has 4 rings (SSSR count). The first-order valence-electron chi connectivity index (χ1n) is 9.94. The fourth-order valence-corrected chi connectivity index (χ4v) is 3.85. The minimum atomic E-state index is -0.274. The molecule has 0 radical (unpaired) electrons. The lowest BCUT2D eigenvalue weighted by atomic mass is 10.1. The predicted octanol–water partition coefficient (Wildman–Crippen LogP) is 4.83. The maximum absolute atomic E-state index is 13.2. The van der Waals surface area contributed by atoms with Crippen molar-refractivity contribution in [3.8, 4) is 17.0 Å². The minimum Gasteiger partial charge on any atom is -0.497 e. The number of nitrogens with one attached hydrogen (secondary N) is 1. The number of nitrogens with zero attached hydrogens (tertiary/aromatic N) is 4. The van der Waals surface area contributed by atoms with Crippen molar-refractivity contribution in [1.82, 2.24) is 20.0 Å². The van der Waals surface area contributed by atoms with E-state index >= 15 is 0 Å². The van der Waals surface area contributed by atoms with Crippen molar-refractivity contribution in [3.05, 3.63) is 76.9 Å². The summed E-state index contributed by atoms with van der Waals surface area (Å²) in [7, 11) is 1.61. The molecule has 0 saturated heterocycles. The highest BCUT2D eigenvalue weighted by Gasteiger charge is 2.20. The van der Waals surface area contributed by atoms with Crippen molar-refractivity contribution >= 4 is 22.4 Å². The van der Waals surface area contributed by atoms with Crippen LogP contribution in [0.2, 0.25) is 0 Å². The van der Waals surface area contributed by atoms with Gasteiger partial charge in [-0.15, -0.1) is 10.2 Å². The van der Waals surface area contributed by atoms with Gasteiger partial charge in [-0.25, -0.2) is 0 Å². The van der Waals surface area contributed by atoms with E-state index in [-0.39, 0.29) is 11.8 Å². The number of rotatable bonds is 7. The first kappa shape index (κ1) is 20.7. The Labute approximate surface area is 184 Å². The topological polar surface area (TPSA) is 81.9 Å². The van der Waals surface area contributed by atoms with E-state index in [1.165, 1.54) is 11.3 Å². The maximum atomic E-state index is 13.2. The average molecular weight is 434 g/mol. The Bertz CT molecular complexity index is 1180. The lowest BCUT2D eigenvalue weighted by Crippen LogP contribution is -2.12. The van der Waals surface area contributed by atoms with Gasteiger partial charge in [-0.05, 0) is 17.7 Å². The van der Waals surface area contributed by atoms with Gasteiger partial charge in [-0.1, -0.05) is 67.6 Å². The molecule has 2 aromatic heterocycles. The number of hydrogen-bond acceptors (Lipinski definition) is 6. The van der Waals surface area contributed by atoms with E-state index in [0.29, 0.717) is 28.7 Å². The van der Waals surface area contributed by atoms with Gasteiger partial charge in [0.25, 0.3) is 5.91 Å². The van der Waals surface area contributed by atoms with Gasteiger partial charge in [0.05, 0.1) is 19.2 Å². The van der Waals surface area contributed by atoms with Crippen LogP contribution in [0.1, 0.15) is 40.7 Å². The first-order chi connectivity index (χ1) is 15.0. The van der Waals surface area contributed by atoms with E-state index in [4.69, 9.17) is 9.84 Å². The van der Waals surface area contributed by atoms with Crippen molar-refractivity contribution in [3.63, 3.8) is 0 Å². The Morgan fingerprint density at radius 3 is 2.65 bits per heavy atom. The standard InChI is InChI=1S/C23H23N5O2S/c1-15(2)22-25-26-23(31-22)24-21(29)19-14-28(13-16-8-5-4-6-9-16)27-20(19)17-10-7-11-18(12-17)30-3/h4-12,14-15H,13H2,1-3H3,(H,24,26,29). The highest BCUT2D eigenvalue weighted by molar-refractivity contribution is 7.15. The van der Waals surface area contributed by atoms with Crippen molar-refractivity contribution in [1.29, 1.82) is 0 Å². The molecule has 0 bridgehead atoms. The molecule has 1 N–H and O–H groups in total. The molecule has 31 heavy (non-hydrogen) atoms. The zero-order valence-electron chi connectivity index (χ0n) is 17.6. The van der Waals surface area contributed by atoms with E-state index in [2.05, 4.69) is 15.5 Å². The number of methoxy groups -OCH3 is 1. The minimum absolute atomic E-state index is 0.254. The molecule has 0 aliphatic carbocycles. The molecule has 158 valence electrons. The zero-order chi connectivity index (χ0) is 21.8. The summed E-state index contributed by atoms with van der Waals surface area (Å²) in [6.07, 6.45) is 1.77. The predicted molar refractivity (Wildman–Crippen MR) is 122 cm³/mol. The van der Waals surface area contributed by atoms with Crippen LogP contribution >= 0.6 is 11.3 Å². The second-order valence-corrected chi connectivity index (χ2v) is 8.37. The summed E-state index contributed by atoms with van der Waals surface area (Å²) >= 11 is 1.38. The van der Waals surface area contributed by atoms with Crippen LogP contribution in [0.25, 0.3) is 11.3 Å². The molecule has 8 heteroatoms. The third-order valence-corrected chi connectivity index (χ3v) is 5.83. The number of anilines is 1. The van der Waals surface area contributed by atoms with Crippen molar-refractivity contribution in [2.45, 2.75) is 26.3 Å². The number of carbonyl (C=O) groups excluding carboxylic acids is 1. The maximum Gasteiger partial charge on any atom is 0.261 e. The van der Waals surface area contributed by atoms with Gasteiger partial charge >= 0.3 is 0 Å². The molecular weight excluding hydrogens is 410 g/mol. The molecule has 0 spiro atoms. The summed E-state index contributed by atoms with van der Waals surface area (Å²) in [5.74, 6) is 0.680. The highest BCUT2D eigenvalue weighted by Crippen LogP contribution is 2.28. The van der Waals surface area contributed by atoms with E-state index in [1.54, 1.807) is 18.0 Å². The van der Waals surface area contributed by atoms with Gasteiger partial charge < -0.3 is 4.74 Å². The molecule has 0 aliphatic heterocycles. The van der Waals surface area contributed by atoms with Crippen LogP contribution < -0.4 is 10.1 Å². The summed E-state index contributed by atoms with van der Waals surface area (Å²) in [6, 6.07) is 17.5. The van der Waals surface area contributed by atoms with Crippen molar-refractivity contribution in [2.75, 3.05) is 12.4 Å². The number of amides is 1. The SMILES string of the molecule is COc1cccc(-c2nn(Cc3ccccc3)cc2C(=O)Nc2nnc(C(C)C)s2)c1. The molecule has 0 saturated carbocycles. The molecule has 1 amide bonds. The Kier molecular flexibility index (Phi) is 6.08. The zero-order valence-corrected chi connectivity index (χ0v) is 18.4. The Hall–Kier alpha value is -3.52. The average Bonchev–Trinajstić information content (AvgIpc) is 3.42. The van der Waals surface area contributed by atoms with E-state index in [1.807, 2.05) is 68.4 Å². The van der Waals surface area contributed by atoms with Crippen LogP contribution in [-0.4, -0.2) is 33.0 Å². The molecular formula is C23H23N5O2S. The summed E-state index contributed by atoms with van der Waals surface area (Å²) < 4.78 is 7.12. The van der Waals surface area contributed by atoms with E-state index < -0.39 is 0 Å². The second kappa shape index (κ2) is 9.09. The Morgan fingerprint density at radius 2 is 1.94 bits per heavy atom. The largest absolute Gasteiger partial charge is 0.497 e. The van der Waals surface area contributed by atoms with Gasteiger partial charge in [0.15, 0.2) is 0 Å². The Morgan fingerprint density at radius 1 is 1.13 bits per heavy atom. The molecule has 2 aromatic carbocycles. The fraction of sp³-hybridized carbons (Fsp3) is 0.217. The lowest BCUT2D eigenvalue weighted by molar-refractivity contribution is 0.102. The smallest absolute Gasteiger partial charge is 0.261 e. The summed E-state index contributed by atoms with van der Waals surface area (Å²) in [6.45, 7) is 4.64. The number of aromatic nitrogens is 4. The van der Waals surface area contributed by atoms with E-state index in [9.17, 15) is 4.79 Å². The summed E-state index contributed by atoms with van der Waals surface area (Å²) in [5, 5.41) is 17.2. The van der Waals surface area contributed by atoms with Gasteiger partial charge in [-0.3, -0.25) is 14.8 Å². The van der Waals surface area contributed by atoms with Crippen molar-refractivity contribution < 1.29 is 9.53 Å².